The highest BCUT2D eigenvalue weighted by atomic mass is 14.9. The average Bonchev–Trinajstić information content (AvgIpc) is 3.32. The molecule has 3 heteroatoms. The molecule has 2 heterocycles. The molecule has 0 aliphatic carbocycles. The molecule has 0 spiro atoms. The van der Waals surface area contributed by atoms with Crippen molar-refractivity contribution in [3.05, 3.63) is 224 Å². The Balaban J connectivity index is 1.21. The molecule has 0 fully saturated rings. The Morgan fingerprint density at radius 1 is 0.322 bits per heavy atom. The van der Waals surface area contributed by atoms with Gasteiger partial charge in [0.1, 0.15) is 0 Å². The average molecular weight is 754 g/mol. The zero-order valence-corrected chi connectivity index (χ0v) is 32.6. The normalized spacial score (nSPS) is 11.1. The van der Waals surface area contributed by atoms with E-state index in [0.717, 1.165) is 89.4 Å². The van der Waals surface area contributed by atoms with Crippen LogP contribution in [0.1, 0.15) is 5.69 Å². The van der Waals surface area contributed by atoms with Crippen LogP contribution in [0, 0.1) is 6.92 Å². The molecule has 59 heavy (non-hydrogen) atoms. The Labute approximate surface area is 345 Å². The Morgan fingerprint density at radius 3 is 1.49 bits per heavy atom. The molecule has 8 aromatic carbocycles. The van der Waals surface area contributed by atoms with Gasteiger partial charge in [0.25, 0.3) is 0 Å². The molecule has 0 saturated heterocycles. The van der Waals surface area contributed by atoms with Gasteiger partial charge in [0.05, 0.1) is 11.4 Å². The molecule has 10 rings (SSSR count). The van der Waals surface area contributed by atoms with Crippen molar-refractivity contribution < 1.29 is 0 Å². The zero-order valence-electron chi connectivity index (χ0n) is 32.6. The fourth-order valence-electron chi connectivity index (χ4n) is 8.11. The molecule has 0 saturated carbocycles. The predicted octanol–water partition coefficient (Wildman–Crippen LogP) is 14.7. The maximum absolute atomic E-state index is 5.30. The van der Waals surface area contributed by atoms with E-state index in [4.69, 9.17) is 15.0 Å². The Kier molecular flexibility index (Phi) is 9.46. The molecular weight excluding hydrogens is 715 g/mol. The first-order chi connectivity index (χ1) is 29.2. The van der Waals surface area contributed by atoms with Crippen molar-refractivity contribution in [1.29, 1.82) is 0 Å². The van der Waals surface area contributed by atoms with Gasteiger partial charge in [-0.3, -0.25) is 4.98 Å². The van der Waals surface area contributed by atoms with Crippen molar-refractivity contribution in [2.45, 2.75) is 6.92 Å². The number of benzene rings is 8. The summed E-state index contributed by atoms with van der Waals surface area (Å²) >= 11 is 0. The third kappa shape index (κ3) is 7.11. The highest BCUT2D eigenvalue weighted by molar-refractivity contribution is 6.05. The van der Waals surface area contributed by atoms with Crippen LogP contribution in [-0.2, 0) is 0 Å². The smallest absolute Gasteiger partial charge is 0.160 e. The molecule has 0 unspecified atom stereocenters. The molecule has 0 bridgehead atoms. The van der Waals surface area contributed by atoms with Gasteiger partial charge in [-0.1, -0.05) is 182 Å². The first-order valence-corrected chi connectivity index (χ1v) is 20.0. The number of nitrogens with zero attached hydrogens (tertiary/aromatic N) is 3. The van der Waals surface area contributed by atoms with Gasteiger partial charge < -0.3 is 0 Å². The summed E-state index contributed by atoms with van der Waals surface area (Å²) in [7, 11) is 0. The zero-order chi connectivity index (χ0) is 39.5. The Morgan fingerprint density at radius 2 is 0.847 bits per heavy atom. The lowest BCUT2D eigenvalue weighted by molar-refractivity contribution is 1.18. The van der Waals surface area contributed by atoms with Gasteiger partial charge in [-0.25, -0.2) is 9.97 Å². The van der Waals surface area contributed by atoms with Crippen molar-refractivity contribution in [2.24, 2.45) is 0 Å². The van der Waals surface area contributed by atoms with Gasteiger partial charge in [-0.05, 0) is 98.1 Å². The fourth-order valence-corrected chi connectivity index (χ4v) is 8.11. The molecule has 0 radical (unpaired) electrons. The number of aromatic nitrogens is 3. The van der Waals surface area contributed by atoms with Gasteiger partial charge in [0.15, 0.2) is 5.82 Å². The standard InChI is InChI=1S/C56H39N3/c1-38-29-30-46(37-57-38)52-35-49(39-17-6-2-7-18-39)51(34-50(52)40-19-8-3-9-20-40)44-26-16-27-45(33-44)55-47-28-15-14-21-41(47)31-32-48(55)54-36-53(42-22-10-4-11-23-42)58-56(59-54)43-24-12-5-13-25-43/h2-37H,1H3. The van der Waals surface area contributed by atoms with Crippen LogP contribution >= 0.6 is 0 Å². The molecule has 10 aromatic rings. The summed E-state index contributed by atoms with van der Waals surface area (Å²) in [6, 6.07) is 75.3. The summed E-state index contributed by atoms with van der Waals surface area (Å²) in [5, 5.41) is 2.34. The summed E-state index contributed by atoms with van der Waals surface area (Å²) in [5.74, 6) is 0.694. The summed E-state index contributed by atoms with van der Waals surface area (Å²) in [6.45, 7) is 2.03. The van der Waals surface area contributed by atoms with Crippen LogP contribution in [0.5, 0.6) is 0 Å². The van der Waals surface area contributed by atoms with Gasteiger partial charge in [-0.15, -0.1) is 0 Å². The molecule has 0 aliphatic heterocycles. The summed E-state index contributed by atoms with van der Waals surface area (Å²) in [6.07, 6.45) is 1.99. The van der Waals surface area contributed by atoms with Crippen LogP contribution in [0.4, 0.5) is 0 Å². The van der Waals surface area contributed by atoms with Crippen LogP contribution in [0.3, 0.4) is 0 Å². The predicted molar refractivity (Wildman–Crippen MR) is 246 cm³/mol. The Bertz CT molecular complexity index is 3010. The quantitative estimate of drug-likeness (QED) is 0.155. The number of pyridine rings is 1. The van der Waals surface area contributed by atoms with E-state index < -0.39 is 0 Å². The van der Waals surface area contributed by atoms with E-state index in [-0.39, 0.29) is 0 Å². The molecule has 278 valence electrons. The topological polar surface area (TPSA) is 38.7 Å². The summed E-state index contributed by atoms with van der Waals surface area (Å²) < 4.78 is 0. The summed E-state index contributed by atoms with van der Waals surface area (Å²) in [4.78, 5) is 15.1. The lowest BCUT2D eigenvalue weighted by atomic mass is 9.84. The number of hydrogen-bond donors (Lipinski definition) is 0. The van der Waals surface area contributed by atoms with Crippen LogP contribution in [-0.4, -0.2) is 15.0 Å². The minimum Gasteiger partial charge on any atom is -0.261 e. The number of fused-ring (bicyclic) bond motifs is 1. The van der Waals surface area contributed by atoms with E-state index in [9.17, 15) is 0 Å². The van der Waals surface area contributed by atoms with E-state index in [1.54, 1.807) is 0 Å². The van der Waals surface area contributed by atoms with E-state index in [0.29, 0.717) is 5.82 Å². The van der Waals surface area contributed by atoms with Crippen LogP contribution < -0.4 is 0 Å². The molecule has 0 N–H and O–H groups in total. The first-order valence-electron chi connectivity index (χ1n) is 20.0. The highest BCUT2D eigenvalue weighted by Gasteiger charge is 2.20. The maximum atomic E-state index is 5.30. The van der Waals surface area contributed by atoms with E-state index in [1.165, 1.54) is 10.8 Å². The molecule has 0 aliphatic rings. The largest absolute Gasteiger partial charge is 0.261 e. The third-order valence-electron chi connectivity index (χ3n) is 11.0. The number of rotatable bonds is 8. The molecule has 0 atom stereocenters. The number of hydrogen-bond acceptors (Lipinski definition) is 3. The molecule has 2 aromatic heterocycles. The SMILES string of the molecule is Cc1ccc(-c2cc(-c3ccccc3)c(-c3cccc(-c4c(-c5cc(-c6ccccc6)nc(-c6ccccc6)n5)ccc5ccccc45)c3)cc2-c2ccccc2)cn1. The minimum atomic E-state index is 0.694. The fraction of sp³-hybridized carbons (Fsp3) is 0.0179. The van der Waals surface area contributed by atoms with Gasteiger partial charge in [-0.2, -0.15) is 0 Å². The summed E-state index contributed by atoms with van der Waals surface area (Å²) in [5.41, 5.74) is 17.2. The molecule has 3 nitrogen and oxygen atoms in total. The van der Waals surface area contributed by atoms with Gasteiger partial charge >= 0.3 is 0 Å². The van der Waals surface area contributed by atoms with Crippen molar-refractivity contribution in [1.82, 2.24) is 15.0 Å². The lowest BCUT2D eigenvalue weighted by Crippen LogP contribution is -1.98. The van der Waals surface area contributed by atoms with Crippen molar-refractivity contribution >= 4 is 10.8 Å². The monoisotopic (exact) mass is 753 g/mol. The highest BCUT2D eigenvalue weighted by Crippen LogP contribution is 2.45. The van der Waals surface area contributed by atoms with Crippen molar-refractivity contribution in [3.8, 4) is 89.5 Å². The second-order valence-corrected chi connectivity index (χ2v) is 14.8. The van der Waals surface area contributed by atoms with Crippen LogP contribution in [0.25, 0.3) is 100 Å². The van der Waals surface area contributed by atoms with Crippen LogP contribution in [0.15, 0.2) is 219 Å². The second kappa shape index (κ2) is 15.7. The first kappa shape index (κ1) is 35.6. The maximum Gasteiger partial charge on any atom is 0.160 e. The Hall–Kier alpha value is -7.75. The van der Waals surface area contributed by atoms with E-state index >= 15 is 0 Å². The van der Waals surface area contributed by atoms with Crippen LogP contribution in [0.2, 0.25) is 0 Å². The molecule has 0 amide bonds. The third-order valence-corrected chi connectivity index (χ3v) is 11.0. The van der Waals surface area contributed by atoms with Gasteiger partial charge in [0, 0.05) is 34.1 Å². The lowest BCUT2D eigenvalue weighted by Gasteiger charge is -2.19. The second-order valence-electron chi connectivity index (χ2n) is 14.8. The van der Waals surface area contributed by atoms with E-state index in [2.05, 4.69) is 188 Å². The number of aryl methyl sites for hydroxylation is 1. The minimum absolute atomic E-state index is 0.694. The molecular formula is C56H39N3. The van der Waals surface area contributed by atoms with E-state index in [1.807, 2.05) is 37.4 Å². The van der Waals surface area contributed by atoms with Gasteiger partial charge in [0.2, 0.25) is 0 Å². The van der Waals surface area contributed by atoms with Crippen molar-refractivity contribution in [2.75, 3.05) is 0 Å². The van der Waals surface area contributed by atoms with Crippen molar-refractivity contribution in [3.63, 3.8) is 0 Å².